The molecule has 8 heteroatoms. The molecule has 1 amide bonds. The third kappa shape index (κ3) is 3.34. The number of anilines is 1. The average Bonchev–Trinajstić information content (AvgIpc) is 3.54. The van der Waals surface area contributed by atoms with Crippen LogP contribution in [0, 0.1) is 19.8 Å². The van der Waals surface area contributed by atoms with Gasteiger partial charge in [-0.15, -0.1) is 0 Å². The molecule has 2 aromatic heterocycles. The first kappa shape index (κ1) is 19.6. The van der Waals surface area contributed by atoms with Crippen molar-refractivity contribution in [1.29, 1.82) is 0 Å². The molecule has 2 aliphatic rings. The van der Waals surface area contributed by atoms with Crippen molar-refractivity contribution < 1.29 is 4.79 Å². The molecule has 2 aromatic carbocycles. The summed E-state index contributed by atoms with van der Waals surface area (Å²) in [6.07, 6.45) is 5.40. The van der Waals surface area contributed by atoms with Crippen molar-refractivity contribution in [3.63, 3.8) is 0 Å². The number of hydrogen-bond donors (Lipinski definition) is 0. The molecule has 0 spiro atoms. The van der Waals surface area contributed by atoms with E-state index in [1.54, 1.807) is 17.2 Å². The lowest BCUT2D eigenvalue weighted by atomic mass is 10.0. The van der Waals surface area contributed by atoms with Crippen LogP contribution in [0.3, 0.4) is 0 Å². The predicted octanol–water partition coefficient (Wildman–Crippen LogP) is 3.30. The molecule has 4 heterocycles. The maximum atomic E-state index is 13.7. The second kappa shape index (κ2) is 7.51. The summed E-state index contributed by atoms with van der Waals surface area (Å²) in [7, 11) is 0. The molecule has 0 N–H and O–H groups in total. The molecule has 4 aromatic rings. The Morgan fingerprint density at radius 1 is 0.970 bits per heavy atom. The zero-order chi connectivity index (χ0) is 22.5. The van der Waals surface area contributed by atoms with Crippen LogP contribution in [0.25, 0.3) is 16.5 Å². The smallest absolute Gasteiger partial charge is 0.254 e. The fourth-order valence-electron chi connectivity index (χ4n) is 4.92. The van der Waals surface area contributed by atoms with E-state index in [1.807, 2.05) is 61.2 Å². The van der Waals surface area contributed by atoms with Crippen LogP contribution in [0.1, 0.15) is 21.7 Å². The highest BCUT2D eigenvalue weighted by atomic mass is 16.2. The predicted molar refractivity (Wildman–Crippen MR) is 125 cm³/mol. The minimum Gasteiger partial charge on any atom is -0.334 e. The summed E-state index contributed by atoms with van der Waals surface area (Å²) >= 11 is 0. The van der Waals surface area contributed by atoms with Crippen LogP contribution < -0.4 is 4.90 Å². The van der Waals surface area contributed by atoms with Crippen LogP contribution >= 0.6 is 0 Å². The zero-order valence-corrected chi connectivity index (χ0v) is 18.5. The van der Waals surface area contributed by atoms with Gasteiger partial charge in [-0.2, -0.15) is 15.0 Å². The Labute approximate surface area is 191 Å². The minimum atomic E-state index is 0.0321. The number of amides is 1. The van der Waals surface area contributed by atoms with Gasteiger partial charge in [-0.25, -0.2) is 9.97 Å². The number of carbonyl (C=O) groups excluding carboxylic acids is 1. The van der Waals surface area contributed by atoms with Crippen LogP contribution in [0.2, 0.25) is 0 Å². The van der Waals surface area contributed by atoms with E-state index in [4.69, 9.17) is 0 Å². The lowest BCUT2D eigenvalue weighted by molar-refractivity contribution is 0.0791. The summed E-state index contributed by atoms with van der Waals surface area (Å²) in [4.78, 5) is 28.5. The normalized spacial score (nSPS) is 17.5. The summed E-state index contributed by atoms with van der Waals surface area (Å²) < 4.78 is 0. The molecule has 2 aliphatic heterocycles. The van der Waals surface area contributed by atoms with Gasteiger partial charge in [0.25, 0.3) is 5.91 Å². The summed E-state index contributed by atoms with van der Waals surface area (Å²) in [5.41, 5.74) is 4.65. The number of nitrogens with zero attached hydrogens (tertiary/aromatic N) is 7. The third-order valence-electron chi connectivity index (χ3n) is 6.34. The third-order valence-corrected chi connectivity index (χ3v) is 6.34. The van der Waals surface area contributed by atoms with Gasteiger partial charge in [-0.1, -0.05) is 24.3 Å². The number of hydrogen-bond acceptors (Lipinski definition) is 6. The lowest BCUT2D eigenvalue weighted by Gasteiger charge is -2.21. The van der Waals surface area contributed by atoms with Crippen molar-refractivity contribution in [1.82, 2.24) is 29.9 Å². The SMILES string of the molecule is Cc1cc(C)nc(N2C=C3CN(C(=O)c4cccc5cccc(-n6nccn6)c45)CC3C2)n1. The summed E-state index contributed by atoms with van der Waals surface area (Å²) in [6, 6.07) is 13.8. The Kier molecular flexibility index (Phi) is 4.46. The van der Waals surface area contributed by atoms with E-state index in [1.165, 1.54) is 5.57 Å². The first-order valence-corrected chi connectivity index (χ1v) is 11.0. The Morgan fingerprint density at radius 3 is 2.42 bits per heavy atom. The Morgan fingerprint density at radius 2 is 1.70 bits per heavy atom. The van der Waals surface area contributed by atoms with Crippen molar-refractivity contribution in [2.75, 3.05) is 24.5 Å². The van der Waals surface area contributed by atoms with Crippen molar-refractivity contribution in [2.24, 2.45) is 5.92 Å². The van der Waals surface area contributed by atoms with Crippen LogP contribution in [-0.2, 0) is 0 Å². The standard InChI is InChI=1S/C25H23N7O/c1-16-11-17(2)29-25(28-16)31-14-19-12-30(13-20(19)15-31)24(33)21-7-3-5-18-6-4-8-22(23(18)21)32-26-9-10-27-32/h3-11,14,20H,12-13,15H2,1-2H3. The minimum absolute atomic E-state index is 0.0321. The molecule has 8 nitrogen and oxygen atoms in total. The highest BCUT2D eigenvalue weighted by molar-refractivity contribution is 6.10. The maximum absolute atomic E-state index is 13.7. The maximum Gasteiger partial charge on any atom is 0.254 e. The highest BCUT2D eigenvalue weighted by Crippen LogP contribution is 2.34. The summed E-state index contributed by atoms with van der Waals surface area (Å²) in [6.45, 7) is 6.06. The Hall–Kier alpha value is -4.07. The van der Waals surface area contributed by atoms with E-state index in [0.717, 1.165) is 40.3 Å². The molecule has 0 saturated carbocycles. The average molecular weight is 438 g/mol. The fraction of sp³-hybridized carbons (Fsp3) is 0.240. The Bertz CT molecular complexity index is 1380. The second-order valence-corrected chi connectivity index (χ2v) is 8.69. The number of carbonyl (C=O) groups is 1. The van der Waals surface area contributed by atoms with Gasteiger partial charge < -0.3 is 9.80 Å². The molecule has 6 rings (SSSR count). The lowest BCUT2D eigenvalue weighted by Crippen LogP contribution is -2.31. The number of likely N-dealkylation sites (tertiary alicyclic amines) is 1. The number of rotatable bonds is 3. The number of benzene rings is 2. The molecule has 0 bridgehead atoms. The molecular formula is C25H23N7O. The Balaban J connectivity index is 1.31. The second-order valence-electron chi connectivity index (χ2n) is 8.69. The molecule has 1 fully saturated rings. The van der Waals surface area contributed by atoms with Gasteiger partial charge in [-0.05, 0) is 43.0 Å². The van der Waals surface area contributed by atoms with E-state index in [2.05, 4.69) is 31.3 Å². The van der Waals surface area contributed by atoms with Gasteiger partial charge in [-0.3, -0.25) is 4.79 Å². The van der Waals surface area contributed by atoms with E-state index < -0.39 is 0 Å². The molecule has 1 saturated heterocycles. The summed E-state index contributed by atoms with van der Waals surface area (Å²) in [5, 5.41) is 10.4. The number of aryl methyl sites for hydroxylation is 2. The van der Waals surface area contributed by atoms with Crippen molar-refractivity contribution in [2.45, 2.75) is 13.8 Å². The molecule has 1 atom stereocenters. The van der Waals surface area contributed by atoms with Gasteiger partial charge in [0.1, 0.15) is 0 Å². The van der Waals surface area contributed by atoms with Gasteiger partial charge in [0.15, 0.2) is 0 Å². The zero-order valence-electron chi connectivity index (χ0n) is 18.5. The van der Waals surface area contributed by atoms with Crippen molar-refractivity contribution in [3.05, 3.63) is 83.6 Å². The van der Waals surface area contributed by atoms with Crippen molar-refractivity contribution in [3.8, 4) is 5.69 Å². The largest absolute Gasteiger partial charge is 0.334 e. The monoisotopic (exact) mass is 437 g/mol. The molecule has 33 heavy (non-hydrogen) atoms. The van der Waals surface area contributed by atoms with E-state index in [0.29, 0.717) is 24.6 Å². The van der Waals surface area contributed by atoms with Crippen molar-refractivity contribution >= 4 is 22.6 Å². The molecular weight excluding hydrogens is 414 g/mol. The van der Waals surface area contributed by atoms with Gasteiger partial charge in [0.2, 0.25) is 5.95 Å². The van der Waals surface area contributed by atoms with Gasteiger partial charge in [0, 0.05) is 54.1 Å². The molecule has 164 valence electrons. The van der Waals surface area contributed by atoms with Gasteiger partial charge >= 0.3 is 0 Å². The van der Waals surface area contributed by atoms with E-state index in [-0.39, 0.29) is 5.91 Å². The van der Waals surface area contributed by atoms with Crippen LogP contribution in [0.15, 0.2) is 66.6 Å². The van der Waals surface area contributed by atoms with Crippen LogP contribution in [0.5, 0.6) is 0 Å². The quantitative estimate of drug-likeness (QED) is 0.489. The number of aromatic nitrogens is 5. The van der Waals surface area contributed by atoms with Gasteiger partial charge in [0.05, 0.1) is 18.1 Å². The van der Waals surface area contributed by atoms with Crippen LogP contribution in [-0.4, -0.2) is 55.4 Å². The first-order chi connectivity index (χ1) is 16.1. The van der Waals surface area contributed by atoms with E-state index in [9.17, 15) is 4.79 Å². The number of fused-ring (bicyclic) bond motifs is 2. The van der Waals surface area contributed by atoms with E-state index >= 15 is 0 Å². The fourth-order valence-corrected chi connectivity index (χ4v) is 4.92. The van der Waals surface area contributed by atoms with Crippen LogP contribution in [0.4, 0.5) is 5.95 Å². The topological polar surface area (TPSA) is 80.0 Å². The first-order valence-electron chi connectivity index (χ1n) is 11.0. The molecule has 1 unspecified atom stereocenters. The molecule has 0 radical (unpaired) electrons. The highest BCUT2D eigenvalue weighted by Gasteiger charge is 2.37. The summed E-state index contributed by atoms with van der Waals surface area (Å²) in [5.74, 6) is 1.06. The molecule has 0 aliphatic carbocycles.